The molecule has 1 fully saturated rings. The van der Waals surface area contributed by atoms with E-state index < -0.39 is 0 Å². The quantitative estimate of drug-likeness (QED) is 0.848. The summed E-state index contributed by atoms with van der Waals surface area (Å²) in [5, 5.41) is 4.24. The Morgan fingerprint density at radius 2 is 2.20 bits per heavy atom. The van der Waals surface area contributed by atoms with Crippen molar-refractivity contribution < 1.29 is 9.53 Å². The van der Waals surface area contributed by atoms with Crippen LogP contribution in [-0.2, 0) is 22.5 Å². The number of hydrogen-bond acceptors (Lipinski definition) is 4. The van der Waals surface area contributed by atoms with Gasteiger partial charge in [0, 0.05) is 37.2 Å². The molecule has 3 heterocycles. The summed E-state index contributed by atoms with van der Waals surface area (Å²) in [7, 11) is 0. The maximum atomic E-state index is 12.9. The number of para-hydroxylation sites is 1. The van der Waals surface area contributed by atoms with Gasteiger partial charge < -0.3 is 9.64 Å². The smallest absolute Gasteiger partial charge is 0.241 e. The minimum Gasteiger partial charge on any atom is -0.374 e. The highest BCUT2D eigenvalue weighted by atomic mass is 16.5. The van der Waals surface area contributed by atoms with Gasteiger partial charge in [0.2, 0.25) is 5.91 Å². The van der Waals surface area contributed by atoms with Crippen molar-refractivity contribution >= 4 is 11.6 Å². The van der Waals surface area contributed by atoms with E-state index >= 15 is 0 Å². The monoisotopic (exact) mass is 340 g/mol. The number of benzene rings is 1. The number of carbonyl (C=O) groups is 1. The minimum absolute atomic E-state index is 0.0738. The Bertz CT molecular complexity index is 731. The molecule has 2 aliphatic rings. The fourth-order valence-electron chi connectivity index (χ4n) is 3.86. The molecule has 0 spiro atoms. The molecule has 1 saturated heterocycles. The summed E-state index contributed by atoms with van der Waals surface area (Å²) < 4.78 is 7.72. The van der Waals surface area contributed by atoms with Crippen molar-refractivity contribution in [1.29, 1.82) is 0 Å². The zero-order chi connectivity index (χ0) is 17.2. The number of carbonyl (C=O) groups excluding carboxylic acids is 1. The van der Waals surface area contributed by atoms with Crippen LogP contribution in [0, 0.1) is 0 Å². The van der Waals surface area contributed by atoms with Crippen molar-refractivity contribution in [3.05, 3.63) is 48.3 Å². The summed E-state index contributed by atoms with van der Waals surface area (Å²) in [6.45, 7) is 5.50. The molecule has 132 valence electrons. The minimum atomic E-state index is 0.0738. The topological polar surface area (TPSA) is 50.6 Å². The van der Waals surface area contributed by atoms with Gasteiger partial charge in [-0.2, -0.15) is 5.10 Å². The van der Waals surface area contributed by atoms with Crippen molar-refractivity contribution in [2.75, 3.05) is 31.1 Å². The molecule has 0 radical (unpaired) electrons. The van der Waals surface area contributed by atoms with Gasteiger partial charge >= 0.3 is 0 Å². The standard InChI is InChI=1S/C19H24N4O2/c1-15-11-16-5-2-3-6-18(16)23(15)19(24)14-21-9-10-25-17(12-21)13-22-8-4-7-20-22/h2-8,15,17H,9-14H2,1H3/t15-,17-/m1/s1. The number of nitrogens with zero attached hydrogens (tertiary/aromatic N) is 4. The molecule has 2 atom stereocenters. The first kappa shape index (κ1) is 16.3. The fraction of sp³-hybridized carbons (Fsp3) is 0.474. The van der Waals surface area contributed by atoms with E-state index in [1.807, 2.05) is 34.0 Å². The van der Waals surface area contributed by atoms with Gasteiger partial charge in [0.25, 0.3) is 0 Å². The van der Waals surface area contributed by atoms with Gasteiger partial charge in [-0.25, -0.2) is 0 Å². The first-order chi connectivity index (χ1) is 12.2. The number of ether oxygens (including phenoxy) is 1. The van der Waals surface area contributed by atoms with Gasteiger partial charge in [-0.15, -0.1) is 0 Å². The maximum Gasteiger partial charge on any atom is 0.241 e. The number of anilines is 1. The number of fused-ring (bicyclic) bond motifs is 1. The second-order valence-corrected chi connectivity index (χ2v) is 6.90. The molecule has 25 heavy (non-hydrogen) atoms. The highest BCUT2D eigenvalue weighted by Crippen LogP contribution is 2.31. The number of morpholine rings is 1. The molecule has 0 bridgehead atoms. The van der Waals surface area contributed by atoms with Gasteiger partial charge in [-0.3, -0.25) is 14.4 Å². The van der Waals surface area contributed by atoms with E-state index in [0.717, 1.165) is 31.7 Å². The molecule has 0 aliphatic carbocycles. The van der Waals surface area contributed by atoms with Crippen LogP contribution in [0.2, 0.25) is 0 Å². The van der Waals surface area contributed by atoms with Crippen LogP contribution in [0.4, 0.5) is 5.69 Å². The fourth-order valence-corrected chi connectivity index (χ4v) is 3.86. The number of amides is 1. The summed E-state index contributed by atoms with van der Waals surface area (Å²) in [5.41, 5.74) is 2.34. The first-order valence-corrected chi connectivity index (χ1v) is 8.92. The van der Waals surface area contributed by atoms with Crippen LogP contribution < -0.4 is 4.90 Å². The highest BCUT2D eigenvalue weighted by Gasteiger charge is 2.32. The van der Waals surface area contributed by atoms with E-state index in [1.165, 1.54) is 5.56 Å². The molecule has 4 rings (SSSR count). The van der Waals surface area contributed by atoms with Crippen molar-refractivity contribution in [2.24, 2.45) is 0 Å². The molecular weight excluding hydrogens is 316 g/mol. The number of hydrogen-bond donors (Lipinski definition) is 0. The molecule has 1 aromatic carbocycles. The third kappa shape index (κ3) is 3.45. The molecule has 1 aromatic heterocycles. The molecule has 0 N–H and O–H groups in total. The summed E-state index contributed by atoms with van der Waals surface area (Å²) in [6.07, 6.45) is 4.73. The largest absolute Gasteiger partial charge is 0.374 e. The lowest BCUT2D eigenvalue weighted by Gasteiger charge is -2.34. The van der Waals surface area contributed by atoms with E-state index in [0.29, 0.717) is 13.2 Å². The molecule has 0 unspecified atom stereocenters. The Morgan fingerprint density at radius 3 is 3.04 bits per heavy atom. The zero-order valence-electron chi connectivity index (χ0n) is 14.5. The van der Waals surface area contributed by atoms with E-state index in [2.05, 4.69) is 29.1 Å². The first-order valence-electron chi connectivity index (χ1n) is 8.92. The molecule has 6 heteroatoms. The average molecular weight is 340 g/mol. The predicted molar refractivity (Wildman–Crippen MR) is 95.5 cm³/mol. The lowest BCUT2D eigenvalue weighted by Crippen LogP contribution is -2.49. The second kappa shape index (κ2) is 6.98. The van der Waals surface area contributed by atoms with Gasteiger partial charge in [-0.05, 0) is 31.0 Å². The molecule has 6 nitrogen and oxygen atoms in total. The van der Waals surface area contributed by atoms with Crippen LogP contribution in [0.5, 0.6) is 0 Å². The Labute approximate surface area is 148 Å². The Morgan fingerprint density at radius 1 is 1.32 bits per heavy atom. The van der Waals surface area contributed by atoms with Gasteiger partial charge in [0.05, 0.1) is 25.8 Å². The lowest BCUT2D eigenvalue weighted by molar-refractivity contribution is -0.122. The average Bonchev–Trinajstić information content (AvgIpc) is 3.21. The van der Waals surface area contributed by atoms with Gasteiger partial charge in [-0.1, -0.05) is 18.2 Å². The third-order valence-electron chi connectivity index (χ3n) is 5.01. The van der Waals surface area contributed by atoms with Crippen molar-refractivity contribution in [3.63, 3.8) is 0 Å². The zero-order valence-corrected chi connectivity index (χ0v) is 14.5. The predicted octanol–water partition coefficient (Wildman–Crippen LogP) is 1.56. The molecular formula is C19H24N4O2. The van der Waals surface area contributed by atoms with Crippen molar-refractivity contribution in [3.8, 4) is 0 Å². The second-order valence-electron chi connectivity index (χ2n) is 6.90. The van der Waals surface area contributed by atoms with Crippen LogP contribution >= 0.6 is 0 Å². The van der Waals surface area contributed by atoms with E-state index in [-0.39, 0.29) is 18.1 Å². The Hall–Kier alpha value is -2.18. The van der Waals surface area contributed by atoms with E-state index in [1.54, 1.807) is 6.20 Å². The van der Waals surface area contributed by atoms with Crippen LogP contribution in [0.3, 0.4) is 0 Å². The summed E-state index contributed by atoms with van der Waals surface area (Å²) in [4.78, 5) is 17.1. The van der Waals surface area contributed by atoms with Crippen LogP contribution in [0.15, 0.2) is 42.7 Å². The summed E-state index contributed by atoms with van der Waals surface area (Å²) in [6, 6.07) is 10.4. The normalized spacial score (nSPS) is 23.6. The molecule has 0 saturated carbocycles. The summed E-state index contributed by atoms with van der Waals surface area (Å²) in [5.74, 6) is 0.178. The van der Waals surface area contributed by atoms with Gasteiger partial charge in [0.15, 0.2) is 0 Å². The lowest BCUT2D eigenvalue weighted by atomic mass is 10.1. The SMILES string of the molecule is C[C@@H]1Cc2ccccc2N1C(=O)CN1CCO[C@@H](Cn2cccn2)C1. The van der Waals surface area contributed by atoms with Crippen molar-refractivity contribution in [1.82, 2.24) is 14.7 Å². The molecule has 1 amide bonds. The van der Waals surface area contributed by atoms with Crippen LogP contribution in [-0.4, -0.2) is 59.0 Å². The third-order valence-corrected chi connectivity index (χ3v) is 5.01. The van der Waals surface area contributed by atoms with Crippen LogP contribution in [0.25, 0.3) is 0 Å². The number of rotatable bonds is 4. The maximum absolute atomic E-state index is 12.9. The Balaban J connectivity index is 1.39. The van der Waals surface area contributed by atoms with E-state index in [4.69, 9.17) is 4.74 Å². The molecule has 2 aromatic rings. The highest BCUT2D eigenvalue weighted by molar-refractivity contribution is 5.97. The number of aromatic nitrogens is 2. The van der Waals surface area contributed by atoms with E-state index in [9.17, 15) is 4.79 Å². The summed E-state index contributed by atoms with van der Waals surface area (Å²) >= 11 is 0. The van der Waals surface area contributed by atoms with Crippen molar-refractivity contribution in [2.45, 2.75) is 32.0 Å². The van der Waals surface area contributed by atoms with Gasteiger partial charge in [0.1, 0.15) is 0 Å². The molecule has 2 aliphatic heterocycles. The Kier molecular flexibility index (Phi) is 4.55. The van der Waals surface area contributed by atoms with Crippen LogP contribution in [0.1, 0.15) is 12.5 Å².